The van der Waals surface area contributed by atoms with Crippen LogP contribution < -0.4 is 16.4 Å². The number of nitrogens with two attached hydrogens (primary N) is 1. The Labute approximate surface area is 114 Å². The molecule has 0 unspecified atom stereocenters. The van der Waals surface area contributed by atoms with E-state index in [0.29, 0.717) is 5.69 Å². The number of piperidine rings is 1. The predicted molar refractivity (Wildman–Crippen MR) is 69.5 cm³/mol. The van der Waals surface area contributed by atoms with Crippen molar-refractivity contribution < 1.29 is 14.4 Å². The molecule has 2 rings (SSSR count). The van der Waals surface area contributed by atoms with Crippen LogP contribution in [0.25, 0.3) is 0 Å². The van der Waals surface area contributed by atoms with Gasteiger partial charge in [0.1, 0.15) is 6.04 Å². The lowest BCUT2D eigenvalue weighted by molar-refractivity contribution is -0.134. The fraction of sp³-hybridized carbons (Fsp3) is 0.250. The van der Waals surface area contributed by atoms with Gasteiger partial charge in [-0.25, -0.2) is 0 Å². The number of nitrogens with one attached hydrogen (secondary N) is 2. The van der Waals surface area contributed by atoms with Gasteiger partial charge in [-0.2, -0.15) is 0 Å². The largest absolute Gasteiger partial charge is 0.399 e. The van der Waals surface area contributed by atoms with Crippen molar-refractivity contribution in [3.8, 4) is 0 Å². The second-order valence-corrected chi connectivity index (χ2v) is 4.62. The SMILES string of the molecule is Nc1ccc(C(=O)N[C@H]2CCC(=O)NC2=O)c(Cl)c1. The number of rotatable bonds is 2. The summed E-state index contributed by atoms with van der Waals surface area (Å²) in [5, 5.41) is 4.91. The smallest absolute Gasteiger partial charge is 0.253 e. The van der Waals surface area contributed by atoms with Crippen LogP contribution in [0.3, 0.4) is 0 Å². The number of hydrogen-bond donors (Lipinski definition) is 3. The van der Waals surface area contributed by atoms with Crippen LogP contribution in [0.5, 0.6) is 0 Å². The van der Waals surface area contributed by atoms with Gasteiger partial charge in [0, 0.05) is 12.1 Å². The number of carbonyl (C=O) groups excluding carboxylic acids is 3. The second kappa shape index (κ2) is 5.27. The van der Waals surface area contributed by atoms with Crippen LogP contribution in [0.2, 0.25) is 5.02 Å². The number of benzene rings is 1. The van der Waals surface area contributed by atoms with E-state index in [9.17, 15) is 14.4 Å². The van der Waals surface area contributed by atoms with Crippen LogP contribution in [-0.4, -0.2) is 23.8 Å². The maximum atomic E-state index is 12.0. The first-order chi connectivity index (χ1) is 8.97. The van der Waals surface area contributed by atoms with Gasteiger partial charge in [-0.1, -0.05) is 11.6 Å². The van der Waals surface area contributed by atoms with Crippen molar-refractivity contribution in [3.63, 3.8) is 0 Å². The Hall–Kier alpha value is -2.08. The van der Waals surface area contributed by atoms with Crippen molar-refractivity contribution in [1.82, 2.24) is 10.6 Å². The summed E-state index contributed by atoms with van der Waals surface area (Å²) in [6.45, 7) is 0. The molecule has 1 fully saturated rings. The summed E-state index contributed by atoms with van der Waals surface area (Å²) in [6, 6.07) is 3.77. The molecule has 1 aromatic rings. The number of anilines is 1. The number of halogens is 1. The van der Waals surface area contributed by atoms with E-state index in [1.807, 2.05) is 0 Å². The molecule has 0 spiro atoms. The molecule has 1 heterocycles. The number of hydrogen-bond acceptors (Lipinski definition) is 4. The topological polar surface area (TPSA) is 101 Å². The van der Waals surface area contributed by atoms with Crippen molar-refractivity contribution in [1.29, 1.82) is 0 Å². The minimum absolute atomic E-state index is 0.201. The zero-order valence-electron chi connectivity index (χ0n) is 9.90. The third-order valence-corrected chi connectivity index (χ3v) is 3.09. The van der Waals surface area contributed by atoms with Crippen LogP contribution in [0.1, 0.15) is 23.2 Å². The predicted octanol–water partition coefficient (Wildman–Crippen LogP) is 0.457. The lowest BCUT2D eigenvalue weighted by atomic mass is 10.1. The molecule has 0 aromatic heterocycles. The van der Waals surface area contributed by atoms with E-state index in [2.05, 4.69) is 10.6 Å². The van der Waals surface area contributed by atoms with E-state index in [-0.39, 0.29) is 29.3 Å². The van der Waals surface area contributed by atoms with Gasteiger partial charge >= 0.3 is 0 Å². The Morgan fingerprint density at radius 3 is 2.79 bits per heavy atom. The average molecular weight is 282 g/mol. The summed E-state index contributed by atoms with van der Waals surface area (Å²) in [7, 11) is 0. The highest BCUT2D eigenvalue weighted by Gasteiger charge is 2.28. The molecular weight excluding hydrogens is 270 g/mol. The molecule has 7 heteroatoms. The zero-order valence-corrected chi connectivity index (χ0v) is 10.7. The van der Waals surface area contributed by atoms with Crippen molar-refractivity contribution >= 4 is 35.0 Å². The highest BCUT2D eigenvalue weighted by atomic mass is 35.5. The van der Waals surface area contributed by atoms with Crippen LogP contribution in [-0.2, 0) is 9.59 Å². The number of carbonyl (C=O) groups is 3. The molecule has 0 saturated carbocycles. The zero-order chi connectivity index (χ0) is 14.0. The van der Waals surface area contributed by atoms with Gasteiger partial charge in [0.2, 0.25) is 11.8 Å². The molecule has 19 heavy (non-hydrogen) atoms. The maximum absolute atomic E-state index is 12.0. The van der Waals surface area contributed by atoms with Crippen LogP contribution >= 0.6 is 11.6 Å². The third-order valence-electron chi connectivity index (χ3n) is 2.78. The fourth-order valence-corrected chi connectivity index (χ4v) is 2.06. The van der Waals surface area contributed by atoms with E-state index in [4.69, 9.17) is 17.3 Å². The third kappa shape index (κ3) is 3.03. The minimum Gasteiger partial charge on any atom is -0.399 e. The molecule has 6 nitrogen and oxygen atoms in total. The highest BCUT2D eigenvalue weighted by molar-refractivity contribution is 6.34. The summed E-state index contributed by atoms with van der Waals surface area (Å²) in [5.74, 6) is -1.31. The first kappa shape index (κ1) is 13.4. The average Bonchev–Trinajstić information content (AvgIpc) is 2.32. The number of nitrogen functional groups attached to an aromatic ring is 1. The molecule has 0 radical (unpaired) electrons. The van der Waals surface area contributed by atoms with Crippen molar-refractivity contribution in [2.24, 2.45) is 0 Å². The Kier molecular flexibility index (Phi) is 3.71. The normalized spacial score (nSPS) is 18.9. The van der Waals surface area contributed by atoms with E-state index in [1.165, 1.54) is 12.1 Å². The molecule has 100 valence electrons. The van der Waals surface area contributed by atoms with Crippen molar-refractivity contribution in [2.75, 3.05) is 5.73 Å². The maximum Gasteiger partial charge on any atom is 0.253 e. The van der Waals surface area contributed by atoms with Gasteiger partial charge < -0.3 is 11.1 Å². The molecule has 3 amide bonds. The standard InChI is InChI=1S/C12H12ClN3O3/c13-8-5-6(14)1-2-7(8)11(18)15-9-3-4-10(17)16-12(9)19/h1-2,5,9H,3-4,14H2,(H,15,18)(H,16,17,19)/t9-/m0/s1. The Bertz CT molecular complexity index is 559. The van der Waals surface area contributed by atoms with Crippen molar-refractivity contribution in [3.05, 3.63) is 28.8 Å². The molecule has 0 aliphatic carbocycles. The molecule has 4 N–H and O–H groups in total. The van der Waals surface area contributed by atoms with Crippen LogP contribution in [0.15, 0.2) is 18.2 Å². The lowest BCUT2D eigenvalue weighted by Gasteiger charge is -2.22. The lowest BCUT2D eigenvalue weighted by Crippen LogP contribution is -2.52. The molecule has 1 aromatic carbocycles. The molecular formula is C12H12ClN3O3. The molecule has 0 bridgehead atoms. The van der Waals surface area contributed by atoms with E-state index >= 15 is 0 Å². The van der Waals surface area contributed by atoms with Gasteiger partial charge in [0.15, 0.2) is 0 Å². The van der Waals surface area contributed by atoms with Gasteiger partial charge in [0.05, 0.1) is 10.6 Å². The molecule has 1 saturated heterocycles. The van der Waals surface area contributed by atoms with Gasteiger partial charge in [-0.05, 0) is 24.6 Å². The quantitative estimate of drug-likeness (QED) is 0.541. The van der Waals surface area contributed by atoms with E-state index in [0.717, 1.165) is 0 Å². The van der Waals surface area contributed by atoms with Crippen LogP contribution in [0, 0.1) is 0 Å². The number of imide groups is 1. The van der Waals surface area contributed by atoms with Gasteiger partial charge in [-0.15, -0.1) is 0 Å². The fourth-order valence-electron chi connectivity index (χ4n) is 1.78. The first-order valence-electron chi connectivity index (χ1n) is 5.67. The Morgan fingerprint density at radius 1 is 1.42 bits per heavy atom. The summed E-state index contributed by atoms with van der Waals surface area (Å²) in [4.78, 5) is 34.5. The molecule has 1 atom stereocenters. The highest BCUT2D eigenvalue weighted by Crippen LogP contribution is 2.19. The first-order valence-corrected chi connectivity index (χ1v) is 6.05. The second-order valence-electron chi connectivity index (χ2n) is 4.22. The number of amides is 3. The molecule has 1 aliphatic heterocycles. The summed E-state index contributed by atoms with van der Waals surface area (Å²) < 4.78 is 0. The summed E-state index contributed by atoms with van der Waals surface area (Å²) in [6.07, 6.45) is 0.481. The van der Waals surface area contributed by atoms with E-state index < -0.39 is 17.9 Å². The summed E-state index contributed by atoms with van der Waals surface area (Å²) >= 11 is 5.91. The Morgan fingerprint density at radius 2 is 2.16 bits per heavy atom. The Balaban J connectivity index is 2.09. The van der Waals surface area contributed by atoms with Crippen molar-refractivity contribution in [2.45, 2.75) is 18.9 Å². The summed E-state index contributed by atoms with van der Waals surface area (Å²) in [5.41, 5.74) is 6.21. The monoisotopic (exact) mass is 281 g/mol. The van der Waals surface area contributed by atoms with Gasteiger partial charge in [0.25, 0.3) is 5.91 Å². The van der Waals surface area contributed by atoms with Gasteiger partial charge in [-0.3, -0.25) is 19.7 Å². The minimum atomic E-state index is -0.723. The van der Waals surface area contributed by atoms with E-state index in [1.54, 1.807) is 6.07 Å². The molecule has 1 aliphatic rings. The van der Waals surface area contributed by atoms with Crippen LogP contribution in [0.4, 0.5) is 5.69 Å².